The van der Waals surface area contributed by atoms with Crippen LogP contribution >= 0.6 is 0 Å². The van der Waals surface area contributed by atoms with Gasteiger partial charge < -0.3 is 4.57 Å². The van der Waals surface area contributed by atoms with E-state index in [1.165, 1.54) is 49.4 Å². The predicted molar refractivity (Wildman–Crippen MR) is 173 cm³/mol. The number of imidazole rings is 1. The standard InChI is InChI=1S/C38H24N4/c1-2-10-29(11-3-1)41-34-15-8-9-26-16-17-27-23-28(24-35(41)37(27)36(26)34)25-18-20-30(21-19-25)42-33-14-5-4-12-31(33)40-38(42)32-13-6-7-22-39-32/h1-24H. The number of benzene rings is 6. The topological polar surface area (TPSA) is 35.6 Å². The van der Waals surface area contributed by atoms with E-state index >= 15 is 0 Å². The van der Waals surface area contributed by atoms with E-state index in [-0.39, 0.29) is 0 Å². The van der Waals surface area contributed by atoms with Gasteiger partial charge in [0.25, 0.3) is 0 Å². The molecule has 3 aromatic heterocycles. The first-order valence-electron chi connectivity index (χ1n) is 14.2. The fraction of sp³-hybridized carbons (Fsp3) is 0. The fourth-order valence-electron chi connectivity index (χ4n) is 6.47. The highest BCUT2D eigenvalue weighted by Crippen LogP contribution is 2.41. The van der Waals surface area contributed by atoms with Crippen molar-refractivity contribution >= 4 is 43.6 Å². The normalized spacial score (nSPS) is 11.8. The first-order valence-corrected chi connectivity index (χ1v) is 14.2. The highest BCUT2D eigenvalue weighted by molar-refractivity contribution is 6.25. The van der Waals surface area contributed by atoms with Crippen LogP contribution in [0.3, 0.4) is 0 Å². The van der Waals surface area contributed by atoms with Crippen molar-refractivity contribution in [3.05, 3.63) is 146 Å². The van der Waals surface area contributed by atoms with Crippen LogP contribution in [0.1, 0.15) is 0 Å². The molecular weight excluding hydrogens is 512 g/mol. The lowest BCUT2D eigenvalue weighted by Crippen LogP contribution is -1.98. The molecule has 9 rings (SSSR count). The summed E-state index contributed by atoms with van der Waals surface area (Å²) in [5.41, 5.74) is 9.91. The van der Waals surface area contributed by atoms with Crippen LogP contribution in [0.15, 0.2) is 146 Å². The van der Waals surface area contributed by atoms with Gasteiger partial charge in [-0.3, -0.25) is 9.55 Å². The molecule has 0 aliphatic heterocycles. The Balaban J connectivity index is 1.23. The molecule has 4 heteroatoms. The molecule has 4 nitrogen and oxygen atoms in total. The van der Waals surface area contributed by atoms with Gasteiger partial charge in [0.15, 0.2) is 5.82 Å². The third-order valence-corrected chi connectivity index (χ3v) is 8.33. The van der Waals surface area contributed by atoms with Crippen molar-refractivity contribution in [1.82, 2.24) is 19.1 Å². The quantitative estimate of drug-likeness (QED) is 0.210. The maximum absolute atomic E-state index is 4.95. The maximum Gasteiger partial charge on any atom is 0.164 e. The second-order valence-corrected chi connectivity index (χ2v) is 10.7. The second-order valence-electron chi connectivity index (χ2n) is 10.7. The van der Waals surface area contributed by atoms with Crippen LogP contribution in [0.5, 0.6) is 0 Å². The molecule has 0 unspecified atom stereocenters. The first kappa shape index (κ1) is 23.0. The maximum atomic E-state index is 4.95. The van der Waals surface area contributed by atoms with Crippen LogP contribution < -0.4 is 0 Å². The van der Waals surface area contributed by atoms with E-state index < -0.39 is 0 Å². The summed E-state index contributed by atoms with van der Waals surface area (Å²) in [4.78, 5) is 9.56. The lowest BCUT2D eigenvalue weighted by Gasteiger charge is -2.12. The first-order chi connectivity index (χ1) is 20.8. The number of rotatable bonds is 4. The average molecular weight is 537 g/mol. The van der Waals surface area contributed by atoms with Gasteiger partial charge in [0.2, 0.25) is 0 Å². The van der Waals surface area contributed by atoms with Gasteiger partial charge in [0, 0.05) is 28.3 Å². The third-order valence-electron chi connectivity index (χ3n) is 8.33. The highest BCUT2D eigenvalue weighted by Gasteiger charge is 2.19. The summed E-state index contributed by atoms with van der Waals surface area (Å²) in [6, 6.07) is 49.4. The summed E-state index contributed by atoms with van der Waals surface area (Å²) in [6.07, 6.45) is 1.82. The molecule has 9 aromatic rings. The van der Waals surface area contributed by atoms with Crippen molar-refractivity contribution in [1.29, 1.82) is 0 Å². The molecule has 0 fully saturated rings. The zero-order valence-electron chi connectivity index (χ0n) is 22.6. The molecule has 0 saturated heterocycles. The van der Waals surface area contributed by atoms with E-state index in [4.69, 9.17) is 4.98 Å². The Kier molecular flexibility index (Phi) is 4.87. The van der Waals surface area contributed by atoms with Crippen LogP contribution in [-0.2, 0) is 0 Å². The van der Waals surface area contributed by atoms with Crippen LogP contribution in [0.25, 0.3) is 77.6 Å². The minimum Gasteiger partial charge on any atom is -0.309 e. The Hall–Kier alpha value is -5.74. The Morgan fingerprint density at radius 2 is 1.19 bits per heavy atom. The monoisotopic (exact) mass is 536 g/mol. The zero-order valence-corrected chi connectivity index (χ0v) is 22.6. The number of para-hydroxylation sites is 3. The molecule has 0 radical (unpaired) electrons. The van der Waals surface area contributed by atoms with Crippen LogP contribution in [0.4, 0.5) is 0 Å². The molecule has 0 N–H and O–H groups in total. The van der Waals surface area contributed by atoms with Crippen LogP contribution in [0, 0.1) is 0 Å². The zero-order chi connectivity index (χ0) is 27.6. The summed E-state index contributed by atoms with van der Waals surface area (Å²) >= 11 is 0. The van der Waals surface area contributed by atoms with Crippen molar-refractivity contribution in [2.75, 3.05) is 0 Å². The average Bonchev–Trinajstić information content (AvgIpc) is 3.62. The Labute approximate surface area is 242 Å². The largest absolute Gasteiger partial charge is 0.309 e. The number of pyridine rings is 1. The molecule has 42 heavy (non-hydrogen) atoms. The Bertz CT molecular complexity index is 2380. The van der Waals surface area contributed by atoms with Crippen molar-refractivity contribution in [3.63, 3.8) is 0 Å². The summed E-state index contributed by atoms with van der Waals surface area (Å²) in [5, 5.41) is 5.16. The highest BCUT2D eigenvalue weighted by atomic mass is 15.1. The van der Waals surface area contributed by atoms with Gasteiger partial charge in [0.05, 0.1) is 22.1 Å². The predicted octanol–water partition coefficient (Wildman–Crippen LogP) is 9.44. The molecule has 196 valence electrons. The van der Waals surface area contributed by atoms with E-state index in [9.17, 15) is 0 Å². The van der Waals surface area contributed by atoms with Crippen molar-refractivity contribution in [2.24, 2.45) is 0 Å². The molecular formula is C38H24N4. The molecule has 0 spiro atoms. The van der Waals surface area contributed by atoms with E-state index in [2.05, 4.69) is 129 Å². The van der Waals surface area contributed by atoms with Gasteiger partial charge in [0.1, 0.15) is 5.69 Å². The van der Waals surface area contributed by atoms with Gasteiger partial charge in [-0.15, -0.1) is 0 Å². The summed E-state index contributed by atoms with van der Waals surface area (Å²) < 4.78 is 4.60. The van der Waals surface area contributed by atoms with E-state index in [1.54, 1.807) is 0 Å². The van der Waals surface area contributed by atoms with Gasteiger partial charge in [-0.2, -0.15) is 0 Å². The molecule has 0 aliphatic rings. The van der Waals surface area contributed by atoms with Gasteiger partial charge >= 0.3 is 0 Å². The molecule has 3 heterocycles. The fourth-order valence-corrected chi connectivity index (χ4v) is 6.47. The van der Waals surface area contributed by atoms with Crippen LogP contribution in [0.2, 0.25) is 0 Å². The lowest BCUT2D eigenvalue weighted by atomic mass is 9.97. The number of hydrogen-bond donors (Lipinski definition) is 0. The van der Waals surface area contributed by atoms with E-state index in [0.29, 0.717) is 0 Å². The van der Waals surface area contributed by atoms with Gasteiger partial charge in [-0.1, -0.05) is 72.8 Å². The summed E-state index contributed by atoms with van der Waals surface area (Å²) in [7, 11) is 0. The smallest absolute Gasteiger partial charge is 0.164 e. The lowest BCUT2D eigenvalue weighted by molar-refractivity contribution is 1.08. The summed E-state index contributed by atoms with van der Waals surface area (Å²) in [6.45, 7) is 0. The molecule has 0 bridgehead atoms. The molecule has 0 amide bonds. The van der Waals surface area contributed by atoms with Gasteiger partial charge in [-0.05, 0) is 88.6 Å². The Morgan fingerprint density at radius 3 is 2.05 bits per heavy atom. The van der Waals surface area contributed by atoms with Crippen LogP contribution in [-0.4, -0.2) is 19.1 Å². The SMILES string of the molecule is c1ccc(-n2c3cccc4ccc5cc(-c6ccc(-n7c(-c8ccccn8)nc8ccccc87)cc6)cc2c5c43)cc1. The van der Waals surface area contributed by atoms with E-state index in [1.807, 2.05) is 30.5 Å². The molecule has 0 atom stereocenters. The van der Waals surface area contributed by atoms with Gasteiger partial charge in [-0.25, -0.2) is 4.98 Å². The minimum atomic E-state index is 0.837. The summed E-state index contributed by atoms with van der Waals surface area (Å²) in [5.74, 6) is 0.837. The third kappa shape index (κ3) is 3.36. The van der Waals surface area contributed by atoms with Crippen molar-refractivity contribution < 1.29 is 0 Å². The molecule has 0 saturated carbocycles. The number of nitrogens with zero attached hydrogens (tertiary/aromatic N) is 4. The number of aromatic nitrogens is 4. The molecule has 0 aliphatic carbocycles. The second kappa shape index (κ2) is 8.88. The minimum absolute atomic E-state index is 0.837. The van der Waals surface area contributed by atoms with Crippen molar-refractivity contribution in [2.45, 2.75) is 0 Å². The number of hydrogen-bond acceptors (Lipinski definition) is 2. The molecule has 6 aromatic carbocycles. The Morgan fingerprint density at radius 1 is 0.452 bits per heavy atom. The number of fused-ring (bicyclic) bond motifs is 1. The van der Waals surface area contributed by atoms with Crippen molar-refractivity contribution in [3.8, 4) is 34.0 Å². The van der Waals surface area contributed by atoms with E-state index in [0.717, 1.165) is 28.2 Å².